The van der Waals surface area contributed by atoms with Crippen molar-refractivity contribution in [2.75, 3.05) is 19.4 Å². The molecule has 2 N–H and O–H groups in total. The molecule has 0 spiro atoms. The van der Waals surface area contributed by atoms with E-state index in [1.165, 1.54) is 60.7 Å². The maximum atomic E-state index is 12.7. The average molecular weight is 428 g/mol. The van der Waals surface area contributed by atoms with E-state index in [0.717, 1.165) is 23.3 Å². The first-order valence-electron chi connectivity index (χ1n) is 9.17. The van der Waals surface area contributed by atoms with E-state index in [1.54, 1.807) is 6.07 Å². The molecule has 1 aromatic heterocycles. The molecule has 9 nitrogen and oxygen atoms in total. The van der Waals surface area contributed by atoms with Crippen LogP contribution in [0.5, 0.6) is 0 Å². The molecule has 0 fully saturated rings. The highest BCUT2D eigenvalue weighted by molar-refractivity contribution is 7.17. The molecule has 0 unspecified atom stereocenters. The van der Waals surface area contributed by atoms with E-state index in [4.69, 9.17) is 0 Å². The number of urea groups is 1. The van der Waals surface area contributed by atoms with Crippen LogP contribution in [0, 0.1) is 10.1 Å². The molecule has 1 aliphatic carbocycles. The van der Waals surface area contributed by atoms with Crippen molar-refractivity contribution in [3.05, 3.63) is 62.0 Å². The largest absolute Gasteiger partial charge is 0.331 e. The Morgan fingerprint density at radius 1 is 1.23 bits per heavy atom. The van der Waals surface area contributed by atoms with Crippen molar-refractivity contribution in [2.45, 2.75) is 19.3 Å². The Hall–Kier alpha value is -3.53. The van der Waals surface area contributed by atoms with Crippen molar-refractivity contribution in [2.24, 2.45) is 0 Å². The summed E-state index contributed by atoms with van der Waals surface area (Å²) < 4.78 is 0. The number of nitro benzene ring substituents is 1. The SMILES string of the molecule is CN(C)C(=O)NC(=O)c1c(NC(=O)C=Cc2cccc([N+](=O)[O-])c2)sc2c1CCC2. The number of thiophene rings is 1. The van der Waals surface area contributed by atoms with E-state index >= 15 is 0 Å². The maximum absolute atomic E-state index is 12.7. The molecule has 0 saturated heterocycles. The monoisotopic (exact) mass is 428 g/mol. The van der Waals surface area contributed by atoms with Gasteiger partial charge in [0.2, 0.25) is 5.91 Å². The van der Waals surface area contributed by atoms with E-state index in [0.29, 0.717) is 22.5 Å². The van der Waals surface area contributed by atoms with E-state index in [-0.39, 0.29) is 5.69 Å². The Morgan fingerprint density at radius 3 is 2.70 bits per heavy atom. The highest BCUT2D eigenvalue weighted by Gasteiger charge is 2.28. The molecule has 0 atom stereocenters. The quantitative estimate of drug-likeness (QED) is 0.430. The lowest BCUT2D eigenvalue weighted by Crippen LogP contribution is -2.39. The van der Waals surface area contributed by atoms with Gasteiger partial charge in [-0.1, -0.05) is 12.1 Å². The van der Waals surface area contributed by atoms with Crippen LogP contribution in [-0.4, -0.2) is 41.8 Å². The number of hydrogen-bond acceptors (Lipinski definition) is 6. The fourth-order valence-electron chi connectivity index (χ4n) is 3.07. The lowest BCUT2D eigenvalue weighted by Gasteiger charge is -2.12. The number of amides is 4. The number of anilines is 1. The minimum Gasteiger partial charge on any atom is -0.331 e. The highest BCUT2D eigenvalue weighted by Crippen LogP contribution is 2.39. The van der Waals surface area contributed by atoms with Gasteiger partial charge in [-0.15, -0.1) is 11.3 Å². The molecule has 156 valence electrons. The number of nitrogens with one attached hydrogen (secondary N) is 2. The van der Waals surface area contributed by atoms with Crippen LogP contribution >= 0.6 is 11.3 Å². The van der Waals surface area contributed by atoms with Gasteiger partial charge in [0, 0.05) is 37.2 Å². The third kappa shape index (κ3) is 4.71. The van der Waals surface area contributed by atoms with E-state index < -0.39 is 22.8 Å². The fraction of sp³-hybridized carbons (Fsp3) is 0.250. The molecule has 1 aliphatic rings. The number of benzene rings is 1. The van der Waals surface area contributed by atoms with Crippen molar-refractivity contribution in [1.29, 1.82) is 0 Å². The van der Waals surface area contributed by atoms with Crippen LogP contribution in [-0.2, 0) is 17.6 Å². The number of rotatable bonds is 5. The third-order valence-corrected chi connectivity index (χ3v) is 5.73. The van der Waals surface area contributed by atoms with Crippen LogP contribution in [0.4, 0.5) is 15.5 Å². The topological polar surface area (TPSA) is 122 Å². The van der Waals surface area contributed by atoms with Gasteiger partial charge in [0.25, 0.3) is 11.6 Å². The minimum absolute atomic E-state index is 0.0724. The first-order valence-corrected chi connectivity index (χ1v) is 9.98. The van der Waals surface area contributed by atoms with Crippen LogP contribution < -0.4 is 10.6 Å². The molecule has 3 rings (SSSR count). The number of non-ortho nitro benzene ring substituents is 1. The molecule has 0 radical (unpaired) electrons. The molecule has 1 heterocycles. The van der Waals surface area contributed by atoms with Crippen molar-refractivity contribution in [1.82, 2.24) is 10.2 Å². The Balaban J connectivity index is 1.78. The standard InChI is InChI=1S/C20H20N4O5S/c1-23(2)20(27)22-18(26)17-14-7-4-8-15(14)30-19(17)21-16(25)10-9-12-5-3-6-13(11-12)24(28)29/h3,5-6,9-11H,4,7-8H2,1-2H3,(H,21,25)(H,22,26,27). The lowest BCUT2D eigenvalue weighted by atomic mass is 10.1. The second kappa shape index (κ2) is 8.87. The molecule has 2 aromatic rings. The smallest absolute Gasteiger partial charge is 0.323 e. The van der Waals surface area contributed by atoms with Gasteiger partial charge in [-0.25, -0.2) is 4.79 Å². The molecule has 1 aromatic carbocycles. The Kier molecular flexibility index (Phi) is 6.26. The van der Waals surface area contributed by atoms with Crippen molar-refractivity contribution >= 4 is 45.9 Å². The molecule has 0 bridgehead atoms. The average Bonchev–Trinajstić information content (AvgIpc) is 3.27. The van der Waals surface area contributed by atoms with Gasteiger partial charge in [-0.05, 0) is 36.5 Å². The summed E-state index contributed by atoms with van der Waals surface area (Å²) in [6, 6.07) is 5.35. The van der Waals surface area contributed by atoms with Gasteiger partial charge in [0.15, 0.2) is 0 Å². The summed E-state index contributed by atoms with van der Waals surface area (Å²) in [5.41, 5.74) is 1.61. The van der Waals surface area contributed by atoms with Crippen LogP contribution in [0.3, 0.4) is 0 Å². The van der Waals surface area contributed by atoms with Gasteiger partial charge in [0.05, 0.1) is 10.5 Å². The first kappa shape index (κ1) is 21.2. The number of carbonyl (C=O) groups is 3. The third-order valence-electron chi connectivity index (χ3n) is 4.52. The van der Waals surface area contributed by atoms with E-state index in [2.05, 4.69) is 10.6 Å². The zero-order chi connectivity index (χ0) is 21.8. The second-order valence-corrected chi connectivity index (χ2v) is 8.00. The summed E-state index contributed by atoms with van der Waals surface area (Å²) in [5, 5.41) is 16.3. The normalized spacial score (nSPS) is 12.5. The van der Waals surface area contributed by atoms with Gasteiger partial charge >= 0.3 is 6.03 Å². The minimum atomic E-state index is -0.550. The second-order valence-electron chi connectivity index (χ2n) is 6.89. The zero-order valence-corrected chi connectivity index (χ0v) is 17.2. The Morgan fingerprint density at radius 2 is 2.00 bits per heavy atom. The number of fused-ring (bicyclic) bond motifs is 1. The van der Waals surface area contributed by atoms with Crippen molar-refractivity contribution in [3.8, 4) is 0 Å². The summed E-state index contributed by atoms with van der Waals surface area (Å²) in [6.07, 6.45) is 5.16. The molecule has 30 heavy (non-hydrogen) atoms. The predicted molar refractivity (Wildman–Crippen MR) is 114 cm³/mol. The molecule has 0 saturated carbocycles. The number of carbonyl (C=O) groups excluding carboxylic acids is 3. The number of nitrogens with zero attached hydrogens (tertiary/aromatic N) is 2. The molecule has 0 aliphatic heterocycles. The number of aryl methyl sites for hydroxylation is 1. The van der Waals surface area contributed by atoms with Crippen LogP contribution in [0.1, 0.15) is 32.8 Å². The fourth-order valence-corrected chi connectivity index (χ4v) is 4.36. The number of hydrogen-bond donors (Lipinski definition) is 2. The summed E-state index contributed by atoms with van der Waals surface area (Å²) in [6.45, 7) is 0. The zero-order valence-electron chi connectivity index (χ0n) is 16.4. The van der Waals surface area contributed by atoms with Crippen LogP contribution in [0.15, 0.2) is 30.3 Å². The molecule has 4 amide bonds. The predicted octanol–water partition coefficient (Wildman–Crippen LogP) is 3.21. The van der Waals surface area contributed by atoms with Gasteiger partial charge in [-0.2, -0.15) is 0 Å². The maximum Gasteiger partial charge on any atom is 0.323 e. The van der Waals surface area contributed by atoms with E-state index in [1.807, 2.05) is 0 Å². The molecule has 10 heteroatoms. The van der Waals surface area contributed by atoms with Gasteiger partial charge in [-0.3, -0.25) is 25.0 Å². The van der Waals surface area contributed by atoms with E-state index in [9.17, 15) is 24.5 Å². The summed E-state index contributed by atoms with van der Waals surface area (Å²) >= 11 is 1.33. The Bertz CT molecular complexity index is 1060. The lowest BCUT2D eigenvalue weighted by molar-refractivity contribution is -0.384. The first-order chi connectivity index (χ1) is 14.3. The summed E-state index contributed by atoms with van der Waals surface area (Å²) in [5.74, 6) is -1.03. The van der Waals surface area contributed by atoms with Gasteiger partial charge < -0.3 is 10.2 Å². The molecular weight excluding hydrogens is 408 g/mol. The summed E-state index contributed by atoms with van der Waals surface area (Å²) in [7, 11) is 3.06. The van der Waals surface area contributed by atoms with Crippen LogP contribution in [0.2, 0.25) is 0 Å². The summed E-state index contributed by atoms with van der Waals surface area (Å²) in [4.78, 5) is 49.6. The number of imide groups is 1. The van der Waals surface area contributed by atoms with Crippen LogP contribution in [0.25, 0.3) is 6.08 Å². The van der Waals surface area contributed by atoms with Crippen molar-refractivity contribution < 1.29 is 19.3 Å². The molecular formula is C20H20N4O5S. The highest BCUT2D eigenvalue weighted by atomic mass is 32.1. The van der Waals surface area contributed by atoms with Crippen molar-refractivity contribution in [3.63, 3.8) is 0 Å². The van der Waals surface area contributed by atoms with Gasteiger partial charge in [0.1, 0.15) is 5.00 Å². The number of nitro groups is 1. The Labute approximate surface area is 176 Å².